The first-order chi connectivity index (χ1) is 8.31. The van der Waals surface area contributed by atoms with Gasteiger partial charge in [-0.25, -0.2) is 0 Å². The summed E-state index contributed by atoms with van der Waals surface area (Å²) in [6.45, 7) is 2.18. The molecule has 5 nitrogen and oxygen atoms in total. The summed E-state index contributed by atoms with van der Waals surface area (Å²) < 4.78 is 0. The summed E-state index contributed by atoms with van der Waals surface area (Å²) >= 11 is 0. The average Bonchev–Trinajstić information content (AvgIpc) is 2.67. The van der Waals surface area contributed by atoms with Crippen LogP contribution < -0.4 is 10.6 Å². The van der Waals surface area contributed by atoms with Crippen LogP contribution in [0.5, 0.6) is 0 Å². The van der Waals surface area contributed by atoms with Crippen molar-refractivity contribution < 1.29 is 5.21 Å². The van der Waals surface area contributed by atoms with E-state index in [0.29, 0.717) is 5.69 Å². The first-order valence-electron chi connectivity index (χ1n) is 6.00. The van der Waals surface area contributed by atoms with Gasteiger partial charge in [-0.3, -0.25) is 4.98 Å². The van der Waals surface area contributed by atoms with Crippen LogP contribution in [0.3, 0.4) is 0 Å². The van der Waals surface area contributed by atoms with Gasteiger partial charge in [-0.05, 0) is 25.0 Å². The van der Waals surface area contributed by atoms with Crippen molar-refractivity contribution >= 4 is 11.5 Å². The molecule has 0 unspecified atom stereocenters. The van der Waals surface area contributed by atoms with E-state index in [9.17, 15) is 0 Å². The molecular weight excluding hydrogens is 216 g/mol. The molecule has 0 aliphatic carbocycles. The number of aromatic nitrogens is 1. The van der Waals surface area contributed by atoms with Crippen LogP contribution in [0.1, 0.15) is 31.4 Å². The lowest BCUT2D eigenvalue weighted by molar-refractivity contribution is 0.318. The van der Waals surface area contributed by atoms with E-state index < -0.39 is 0 Å². The van der Waals surface area contributed by atoms with Crippen molar-refractivity contribution in [3.05, 3.63) is 24.0 Å². The van der Waals surface area contributed by atoms with E-state index in [1.807, 2.05) is 6.07 Å². The van der Waals surface area contributed by atoms with Crippen LogP contribution in [0, 0.1) is 0 Å². The monoisotopic (exact) mass is 234 g/mol. The fourth-order valence-electron chi connectivity index (χ4n) is 2.10. The highest BCUT2D eigenvalue weighted by Gasteiger charge is 2.10. The molecule has 17 heavy (non-hydrogen) atoms. The summed E-state index contributed by atoms with van der Waals surface area (Å²) in [5.41, 5.74) is 7.09. The van der Waals surface area contributed by atoms with E-state index in [0.717, 1.165) is 18.8 Å². The van der Waals surface area contributed by atoms with E-state index in [1.165, 1.54) is 25.7 Å². The van der Waals surface area contributed by atoms with Gasteiger partial charge in [0.25, 0.3) is 0 Å². The van der Waals surface area contributed by atoms with Gasteiger partial charge in [0, 0.05) is 13.1 Å². The Balaban J connectivity index is 2.11. The number of hydrogen-bond donors (Lipinski definition) is 2. The largest absolute Gasteiger partial charge is 0.409 e. The summed E-state index contributed by atoms with van der Waals surface area (Å²) in [7, 11) is 0. The second kappa shape index (κ2) is 5.52. The second-order valence-corrected chi connectivity index (χ2v) is 4.29. The standard InChI is InChI=1S/C12H18N4O/c13-12(15-17)11-6-5-10(9-14-11)16-7-3-1-2-4-8-16/h5-6,9,17H,1-4,7-8H2,(H2,13,15). The predicted octanol–water partition coefficient (Wildman–Crippen LogP) is 1.56. The minimum absolute atomic E-state index is 0.0485. The van der Waals surface area contributed by atoms with Crippen LogP contribution in [-0.2, 0) is 0 Å². The van der Waals surface area contributed by atoms with Crippen LogP contribution in [0.25, 0.3) is 0 Å². The van der Waals surface area contributed by atoms with Crippen LogP contribution >= 0.6 is 0 Å². The molecule has 5 heteroatoms. The van der Waals surface area contributed by atoms with Gasteiger partial charge in [0.15, 0.2) is 5.84 Å². The maximum atomic E-state index is 8.56. The van der Waals surface area contributed by atoms with Gasteiger partial charge in [-0.2, -0.15) is 0 Å². The lowest BCUT2D eigenvalue weighted by Crippen LogP contribution is -2.24. The number of oxime groups is 1. The molecule has 0 bridgehead atoms. The molecule has 0 spiro atoms. The molecule has 1 aliphatic rings. The number of amidine groups is 1. The Morgan fingerprint density at radius 1 is 1.24 bits per heavy atom. The maximum Gasteiger partial charge on any atom is 0.188 e. The molecule has 0 amide bonds. The van der Waals surface area contributed by atoms with Gasteiger partial charge in [0.2, 0.25) is 0 Å². The fraction of sp³-hybridized carbons (Fsp3) is 0.500. The van der Waals surface area contributed by atoms with Crippen molar-refractivity contribution in [1.29, 1.82) is 0 Å². The molecule has 1 fully saturated rings. The number of anilines is 1. The van der Waals surface area contributed by atoms with E-state index in [1.54, 1.807) is 12.3 Å². The van der Waals surface area contributed by atoms with E-state index in [-0.39, 0.29) is 5.84 Å². The summed E-state index contributed by atoms with van der Waals surface area (Å²) in [4.78, 5) is 6.54. The molecule has 92 valence electrons. The van der Waals surface area contributed by atoms with E-state index in [4.69, 9.17) is 10.9 Å². The molecule has 0 atom stereocenters. The quantitative estimate of drug-likeness (QED) is 0.352. The summed E-state index contributed by atoms with van der Waals surface area (Å²) in [6.07, 6.45) is 6.89. The van der Waals surface area contributed by atoms with Crippen molar-refractivity contribution in [2.24, 2.45) is 10.9 Å². The van der Waals surface area contributed by atoms with Crippen molar-refractivity contribution in [1.82, 2.24) is 4.98 Å². The molecule has 3 N–H and O–H groups in total. The molecule has 1 aromatic rings. The molecule has 1 saturated heterocycles. The van der Waals surface area contributed by atoms with Gasteiger partial charge in [0.1, 0.15) is 5.69 Å². The number of rotatable bonds is 2. The normalized spacial score (nSPS) is 17.9. The third kappa shape index (κ3) is 2.87. The van der Waals surface area contributed by atoms with Crippen molar-refractivity contribution in [3.8, 4) is 0 Å². The highest BCUT2D eigenvalue weighted by Crippen LogP contribution is 2.18. The predicted molar refractivity (Wildman–Crippen MR) is 67.4 cm³/mol. The van der Waals surface area contributed by atoms with E-state index >= 15 is 0 Å². The first kappa shape index (κ1) is 11.7. The Morgan fingerprint density at radius 2 is 1.94 bits per heavy atom. The first-order valence-corrected chi connectivity index (χ1v) is 6.00. The zero-order valence-corrected chi connectivity index (χ0v) is 9.84. The Kier molecular flexibility index (Phi) is 3.80. The Hall–Kier alpha value is -1.78. The molecule has 2 heterocycles. The molecule has 0 aromatic carbocycles. The number of hydrogen-bond acceptors (Lipinski definition) is 4. The highest BCUT2D eigenvalue weighted by atomic mass is 16.4. The zero-order chi connectivity index (χ0) is 12.1. The molecule has 1 aromatic heterocycles. The average molecular weight is 234 g/mol. The van der Waals surface area contributed by atoms with Crippen LogP contribution in [0.15, 0.2) is 23.5 Å². The summed E-state index contributed by atoms with van der Waals surface area (Å²) in [5.74, 6) is 0.0485. The Bertz CT molecular complexity index is 380. The zero-order valence-electron chi connectivity index (χ0n) is 9.84. The van der Waals surface area contributed by atoms with Crippen molar-refractivity contribution in [2.45, 2.75) is 25.7 Å². The van der Waals surface area contributed by atoms with Crippen LogP contribution in [0.2, 0.25) is 0 Å². The van der Waals surface area contributed by atoms with Gasteiger partial charge in [-0.15, -0.1) is 0 Å². The third-order valence-corrected chi connectivity index (χ3v) is 3.09. The van der Waals surface area contributed by atoms with Crippen molar-refractivity contribution in [2.75, 3.05) is 18.0 Å². The number of pyridine rings is 1. The molecule has 0 radical (unpaired) electrons. The van der Waals surface area contributed by atoms with E-state index in [2.05, 4.69) is 15.0 Å². The van der Waals surface area contributed by atoms with Gasteiger partial charge in [0.05, 0.1) is 11.9 Å². The lowest BCUT2D eigenvalue weighted by atomic mass is 10.2. The van der Waals surface area contributed by atoms with Gasteiger partial charge < -0.3 is 15.8 Å². The van der Waals surface area contributed by atoms with Gasteiger partial charge in [-0.1, -0.05) is 18.0 Å². The Labute approximate surface area is 101 Å². The van der Waals surface area contributed by atoms with Crippen molar-refractivity contribution in [3.63, 3.8) is 0 Å². The lowest BCUT2D eigenvalue weighted by Gasteiger charge is -2.22. The maximum absolute atomic E-state index is 8.56. The third-order valence-electron chi connectivity index (χ3n) is 3.09. The number of nitrogens with zero attached hydrogens (tertiary/aromatic N) is 3. The van der Waals surface area contributed by atoms with Crippen LogP contribution in [0.4, 0.5) is 5.69 Å². The minimum atomic E-state index is 0.0485. The minimum Gasteiger partial charge on any atom is -0.409 e. The molecule has 2 rings (SSSR count). The fourth-order valence-corrected chi connectivity index (χ4v) is 2.10. The SMILES string of the molecule is N/C(=N/O)c1ccc(N2CCCCCC2)cn1. The smallest absolute Gasteiger partial charge is 0.188 e. The molecular formula is C12H18N4O. The summed E-state index contributed by atoms with van der Waals surface area (Å²) in [6, 6.07) is 3.76. The van der Waals surface area contributed by atoms with Gasteiger partial charge >= 0.3 is 0 Å². The molecule has 1 aliphatic heterocycles. The second-order valence-electron chi connectivity index (χ2n) is 4.29. The number of nitrogens with two attached hydrogens (primary N) is 1. The summed E-state index contributed by atoms with van der Waals surface area (Å²) in [5, 5.41) is 11.5. The highest BCUT2D eigenvalue weighted by molar-refractivity contribution is 5.95. The van der Waals surface area contributed by atoms with Crippen LogP contribution in [-0.4, -0.2) is 29.1 Å². The topological polar surface area (TPSA) is 74.7 Å². The molecule has 0 saturated carbocycles. The Morgan fingerprint density at radius 3 is 2.47 bits per heavy atom.